The molecule has 1 aliphatic carbocycles. The number of benzene rings is 1. The van der Waals surface area contributed by atoms with Crippen molar-refractivity contribution in [2.45, 2.75) is 52.5 Å². The Bertz CT molecular complexity index is 1470. The number of hydroxylamine groups is 2. The molecule has 0 radical (unpaired) electrons. The number of hydrogen-bond acceptors (Lipinski definition) is 8. The molecule has 3 aromatic rings. The number of anilines is 1. The molecule has 39 heavy (non-hydrogen) atoms. The quantitative estimate of drug-likeness (QED) is 0.425. The molecule has 2 N–H and O–H groups in total. The fraction of sp³-hybridized carbons (Fsp3) is 0.393. The second-order valence-corrected chi connectivity index (χ2v) is 11.3. The number of carbonyl (C=O) groups is 2. The number of aryl methyl sites for hydroxylation is 2. The molecule has 2 aliphatic rings. The van der Waals surface area contributed by atoms with E-state index in [-0.39, 0.29) is 17.9 Å². The summed E-state index contributed by atoms with van der Waals surface area (Å²) in [5.41, 5.74) is 4.36. The lowest BCUT2D eigenvalue weighted by atomic mass is 9.98. The summed E-state index contributed by atoms with van der Waals surface area (Å²) in [6.07, 6.45) is 4.62. The highest BCUT2D eigenvalue weighted by Gasteiger charge is 2.24. The first-order valence-corrected chi connectivity index (χ1v) is 14.1. The highest BCUT2D eigenvalue weighted by atomic mass is 35.5. The predicted octanol–water partition coefficient (Wildman–Crippen LogP) is 5.09. The number of carbonyl (C=O) groups excluding carboxylic acids is 2. The van der Waals surface area contributed by atoms with E-state index >= 15 is 0 Å². The van der Waals surface area contributed by atoms with Crippen LogP contribution in [0.5, 0.6) is 0 Å². The van der Waals surface area contributed by atoms with E-state index in [1.165, 1.54) is 18.3 Å². The number of halogens is 1. The van der Waals surface area contributed by atoms with E-state index < -0.39 is 6.09 Å². The third kappa shape index (κ3) is 6.56. The lowest BCUT2D eigenvalue weighted by Crippen LogP contribution is -2.40. The van der Waals surface area contributed by atoms with Crippen molar-refractivity contribution in [3.05, 3.63) is 46.2 Å². The van der Waals surface area contributed by atoms with Gasteiger partial charge in [0.25, 0.3) is 0 Å². The molecular weight excluding hydrogens is 536 g/mol. The summed E-state index contributed by atoms with van der Waals surface area (Å²) in [7, 11) is 0. The Hall–Kier alpha value is -3.52. The fourth-order valence-electron chi connectivity index (χ4n) is 4.51. The molecule has 1 aliphatic heterocycles. The third-order valence-corrected chi connectivity index (χ3v) is 7.74. The highest BCUT2D eigenvalue weighted by Crippen LogP contribution is 2.39. The summed E-state index contributed by atoms with van der Waals surface area (Å²) < 4.78 is 0. The van der Waals surface area contributed by atoms with Gasteiger partial charge in [-0.25, -0.2) is 19.7 Å². The molecule has 0 saturated carbocycles. The fourth-order valence-corrected chi connectivity index (χ4v) is 5.79. The minimum atomic E-state index is -0.424. The van der Waals surface area contributed by atoms with Crippen molar-refractivity contribution in [1.29, 1.82) is 0 Å². The van der Waals surface area contributed by atoms with Crippen LogP contribution in [-0.2, 0) is 22.5 Å². The Morgan fingerprint density at radius 3 is 2.74 bits per heavy atom. The van der Waals surface area contributed by atoms with E-state index in [9.17, 15) is 9.59 Å². The van der Waals surface area contributed by atoms with Crippen LogP contribution in [0.1, 0.15) is 50.4 Å². The zero-order valence-electron chi connectivity index (χ0n) is 22.0. The van der Waals surface area contributed by atoms with Crippen LogP contribution in [0.4, 0.5) is 9.93 Å². The molecule has 0 atom stereocenters. The van der Waals surface area contributed by atoms with E-state index in [0.29, 0.717) is 34.6 Å². The van der Waals surface area contributed by atoms with Crippen molar-refractivity contribution in [3.8, 4) is 33.8 Å². The van der Waals surface area contributed by atoms with Gasteiger partial charge in [0.1, 0.15) is 0 Å². The summed E-state index contributed by atoms with van der Waals surface area (Å²) in [6.45, 7) is 6.54. The Kier molecular flexibility index (Phi) is 8.12. The number of aromatic nitrogens is 3. The number of hydrogen-bond donors (Lipinski definition) is 2. The smallest absolute Gasteiger partial charge is 0.351 e. The number of nitrogens with zero attached hydrogens (tertiary/aromatic N) is 4. The topological polar surface area (TPSA) is 109 Å². The molecule has 0 unspecified atom stereocenters. The molecule has 11 heteroatoms. The van der Waals surface area contributed by atoms with Crippen molar-refractivity contribution in [1.82, 2.24) is 25.3 Å². The lowest BCUT2D eigenvalue weighted by Gasteiger charge is -2.28. The zero-order chi connectivity index (χ0) is 27.5. The summed E-state index contributed by atoms with van der Waals surface area (Å²) in [5, 5.41) is 8.32. The third-order valence-electron chi connectivity index (χ3n) is 6.39. The van der Waals surface area contributed by atoms with Gasteiger partial charge in [0.05, 0.1) is 21.3 Å². The molecule has 202 valence electrons. The molecular formula is C28H29ClN6O3S. The summed E-state index contributed by atoms with van der Waals surface area (Å²) in [6, 6.07) is 5.67. The van der Waals surface area contributed by atoms with Gasteiger partial charge in [-0.05, 0) is 63.3 Å². The molecule has 1 saturated heterocycles. The second kappa shape index (κ2) is 11.7. The maximum atomic E-state index is 11.8. The molecule has 3 heterocycles. The molecule has 2 amide bonds. The maximum absolute atomic E-state index is 11.8. The van der Waals surface area contributed by atoms with Crippen LogP contribution in [-0.4, -0.2) is 51.1 Å². The van der Waals surface area contributed by atoms with Crippen LogP contribution in [0.15, 0.2) is 24.4 Å². The van der Waals surface area contributed by atoms with E-state index in [0.717, 1.165) is 53.1 Å². The SMILES string of the molecule is CC(=O)Nc1nc2c(s1)-c1nc(-c3cc(C#CC4CCN(OC(=O)NC(C)C)CC4)ccc3Cl)ncc1CC2. The van der Waals surface area contributed by atoms with Gasteiger partial charge < -0.3 is 15.5 Å². The van der Waals surface area contributed by atoms with Gasteiger partial charge in [0.2, 0.25) is 5.91 Å². The normalized spacial score (nSPS) is 15.1. The summed E-state index contributed by atoms with van der Waals surface area (Å²) >= 11 is 8.00. The van der Waals surface area contributed by atoms with Crippen molar-refractivity contribution < 1.29 is 14.4 Å². The number of thiazole rings is 1. The molecule has 0 spiro atoms. The first kappa shape index (κ1) is 27.1. The van der Waals surface area contributed by atoms with Gasteiger partial charge in [-0.3, -0.25) is 4.79 Å². The molecule has 0 bridgehead atoms. The van der Waals surface area contributed by atoms with Gasteiger partial charge in [0, 0.05) is 49.3 Å². The number of nitrogens with one attached hydrogen (secondary N) is 2. The first-order valence-electron chi connectivity index (χ1n) is 12.9. The Labute approximate surface area is 236 Å². The molecule has 5 rings (SSSR count). The minimum absolute atomic E-state index is 0.0324. The largest absolute Gasteiger partial charge is 0.426 e. The number of piperidine rings is 1. The van der Waals surface area contributed by atoms with Crippen LogP contribution in [0.25, 0.3) is 22.0 Å². The molecule has 9 nitrogen and oxygen atoms in total. The minimum Gasteiger partial charge on any atom is -0.351 e. The van der Waals surface area contributed by atoms with E-state index in [1.807, 2.05) is 38.2 Å². The zero-order valence-corrected chi connectivity index (χ0v) is 23.6. The first-order chi connectivity index (χ1) is 18.7. The molecule has 1 aromatic carbocycles. The summed E-state index contributed by atoms with van der Waals surface area (Å²) in [4.78, 5) is 43.7. The van der Waals surface area contributed by atoms with Gasteiger partial charge in [-0.15, -0.1) is 5.06 Å². The second-order valence-electron chi connectivity index (χ2n) is 9.89. The number of rotatable bonds is 4. The summed E-state index contributed by atoms with van der Waals surface area (Å²) in [5.74, 6) is 7.23. The van der Waals surface area contributed by atoms with Crippen LogP contribution in [0.3, 0.4) is 0 Å². The van der Waals surface area contributed by atoms with Gasteiger partial charge in [-0.2, -0.15) is 0 Å². The lowest BCUT2D eigenvalue weighted by molar-refractivity contribution is -0.115. The van der Waals surface area contributed by atoms with Crippen molar-refractivity contribution in [2.24, 2.45) is 5.92 Å². The van der Waals surface area contributed by atoms with E-state index in [2.05, 4.69) is 32.4 Å². The van der Waals surface area contributed by atoms with Gasteiger partial charge >= 0.3 is 6.09 Å². The molecule has 2 aromatic heterocycles. The highest BCUT2D eigenvalue weighted by molar-refractivity contribution is 7.19. The average Bonchev–Trinajstić information content (AvgIpc) is 3.30. The van der Waals surface area contributed by atoms with E-state index in [4.69, 9.17) is 21.4 Å². The van der Waals surface area contributed by atoms with Crippen LogP contribution >= 0.6 is 22.9 Å². The number of fused-ring (bicyclic) bond motifs is 3. The average molecular weight is 565 g/mol. The molecule has 1 fully saturated rings. The Morgan fingerprint density at radius 1 is 1.21 bits per heavy atom. The predicted molar refractivity (Wildman–Crippen MR) is 151 cm³/mol. The number of amides is 2. The monoisotopic (exact) mass is 564 g/mol. The van der Waals surface area contributed by atoms with Gasteiger partial charge in [-0.1, -0.05) is 34.8 Å². The standard InChI is InChI=1S/C28H29ClN6O3S/c1-16(2)31-28(37)38-35-12-10-18(11-13-35)4-5-19-6-8-22(29)21(14-19)26-30-15-20-7-9-23-25(24(20)34-26)39-27(33-23)32-17(3)36/h6,8,14-16,18H,7,9-13H2,1-3H3,(H,31,37)(H,32,33,36). The van der Waals surface area contributed by atoms with Crippen molar-refractivity contribution >= 4 is 40.1 Å². The van der Waals surface area contributed by atoms with Crippen LogP contribution < -0.4 is 10.6 Å². The Balaban J connectivity index is 1.31. The van der Waals surface area contributed by atoms with Crippen molar-refractivity contribution in [3.63, 3.8) is 0 Å². The van der Waals surface area contributed by atoms with E-state index in [1.54, 1.807) is 5.06 Å². The maximum Gasteiger partial charge on any atom is 0.426 e. The van der Waals surface area contributed by atoms with Crippen LogP contribution in [0, 0.1) is 17.8 Å². The van der Waals surface area contributed by atoms with Crippen LogP contribution in [0.2, 0.25) is 5.02 Å². The van der Waals surface area contributed by atoms with Gasteiger partial charge in [0.15, 0.2) is 11.0 Å². The van der Waals surface area contributed by atoms with Crippen molar-refractivity contribution in [2.75, 3.05) is 18.4 Å². The Morgan fingerprint density at radius 2 is 2.00 bits per heavy atom.